The number of guanidine groups is 1. The van der Waals surface area contributed by atoms with Crippen molar-refractivity contribution in [3.63, 3.8) is 0 Å². The molecule has 0 aliphatic carbocycles. The topological polar surface area (TPSA) is 66.7 Å². The van der Waals surface area contributed by atoms with Gasteiger partial charge in [0.15, 0.2) is 5.96 Å². The van der Waals surface area contributed by atoms with Crippen LogP contribution in [0.15, 0.2) is 72.2 Å². The molecular formula is C26H34N6O. The maximum Gasteiger partial charge on any atom is 0.191 e. The van der Waals surface area contributed by atoms with Gasteiger partial charge in [-0.15, -0.1) is 0 Å². The minimum Gasteiger partial charge on any atom is -0.379 e. The lowest BCUT2D eigenvalue weighted by Gasteiger charge is -2.26. The monoisotopic (exact) mass is 446 g/mol. The Bertz CT molecular complexity index is 994. The highest BCUT2D eigenvalue weighted by atomic mass is 16.5. The molecule has 174 valence electrons. The summed E-state index contributed by atoms with van der Waals surface area (Å²) in [5.74, 6) is 0.858. The van der Waals surface area contributed by atoms with Crippen molar-refractivity contribution >= 4 is 5.96 Å². The van der Waals surface area contributed by atoms with Crippen LogP contribution >= 0.6 is 0 Å². The molecule has 0 amide bonds. The Morgan fingerprint density at radius 2 is 1.88 bits per heavy atom. The van der Waals surface area contributed by atoms with Crippen LogP contribution < -0.4 is 10.6 Å². The van der Waals surface area contributed by atoms with E-state index in [9.17, 15) is 0 Å². The fourth-order valence-electron chi connectivity index (χ4n) is 3.98. The predicted molar refractivity (Wildman–Crippen MR) is 133 cm³/mol. The zero-order valence-corrected chi connectivity index (χ0v) is 19.4. The highest BCUT2D eigenvalue weighted by Gasteiger charge is 2.10. The fraction of sp³-hybridized carbons (Fsp3) is 0.385. The fourth-order valence-corrected chi connectivity index (χ4v) is 3.98. The Labute approximate surface area is 196 Å². The maximum absolute atomic E-state index is 5.43. The summed E-state index contributed by atoms with van der Waals surface area (Å²) in [6.07, 6.45) is 5.64. The van der Waals surface area contributed by atoms with E-state index in [4.69, 9.17) is 9.73 Å². The van der Waals surface area contributed by atoms with Crippen LogP contribution in [-0.2, 0) is 17.8 Å². The average molecular weight is 447 g/mol. The van der Waals surface area contributed by atoms with E-state index in [1.807, 2.05) is 18.7 Å². The van der Waals surface area contributed by atoms with Crippen LogP contribution in [0.25, 0.3) is 11.1 Å². The molecule has 1 aliphatic heterocycles. The van der Waals surface area contributed by atoms with Gasteiger partial charge >= 0.3 is 0 Å². The summed E-state index contributed by atoms with van der Waals surface area (Å²) in [6, 6.07) is 17.3. The number of imidazole rings is 1. The average Bonchev–Trinajstić information content (AvgIpc) is 3.37. The van der Waals surface area contributed by atoms with Gasteiger partial charge in [-0.2, -0.15) is 0 Å². The van der Waals surface area contributed by atoms with Gasteiger partial charge in [0.2, 0.25) is 0 Å². The smallest absolute Gasteiger partial charge is 0.191 e. The summed E-state index contributed by atoms with van der Waals surface area (Å²) in [6.45, 7) is 9.91. The number of aromatic nitrogens is 2. The molecule has 0 atom stereocenters. The molecule has 0 spiro atoms. The third-order valence-corrected chi connectivity index (χ3v) is 5.78. The van der Waals surface area contributed by atoms with E-state index in [2.05, 4.69) is 80.5 Å². The Hall–Kier alpha value is -3.16. The summed E-state index contributed by atoms with van der Waals surface area (Å²) in [5.41, 5.74) is 4.90. The third-order valence-electron chi connectivity index (χ3n) is 5.78. The Morgan fingerprint density at radius 1 is 1.06 bits per heavy atom. The molecular weight excluding hydrogens is 412 g/mol. The van der Waals surface area contributed by atoms with Crippen LogP contribution in [0.2, 0.25) is 0 Å². The van der Waals surface area contributed by atoms with Crippen LogP contribution in [0.4, 0.5) is 0 Å². The minimum atomic E-state index is 0.625. The predicted octanol–water partition coefficient (Wildman–Crippen LogP) is 2.99. The molecule has 3 aromatic rings. The van der Waals surface area contributed by atoms with Crippen LogP contribution in [-0.4, -0.2) is 66.3 Å². The van der Waals surface area contributed by atoms with Gasteiger partial charge < -0.3 is 19.9 Å². The highest BCUT2D eigenvalue weighted by molar-refractivity contribution is 5.80. The van der Waals surface area contributed by atoms with E-state index in [-0.39, 0.29) is 0 Å². The number of hydrogen-bond acceptors (Lipinski definition) is 4. The van der Waals surface area contributed by atoms with Crippen LogP contribution in [0.1, 0.15) is 18.1 Å². The summed E-state index contributed by atoms with van der Waals surface area (Å²) in [7, 11) is 0. The summed E-state index contributed by atoms with van der Waals surface area (Å²) < 4.78 is 7.50. The van der Waals surface area contributed by atoms with Crippen molar-refractivity contribution < 1.29 is 4.74 Å². The number of ether oxygens (including phenoxy) is 1. The van der Waals surface area contributed by atoms with E-state index < -0.39 is 0 Å². The second-order valence-electron chi connectivity index (χ2n) is 8.17. The number of nitrogens with one attached hydrogen (secondary N) is 2. The highest BCUT2D eigenvalue weighted by Crippen LogP contribution is 2.25. The summed E-state index contributed by atoms with van der Waals surface area (Å²) >= 11 is 0. The Morgan fingerprint density at radius 3 is 2.64 bits per heavy atom. The zero-order valence-electron chi connectivity index (χ0n) is 19.4. The molecule has 1 saturated heterocycles. The van der Waals surface area contributed by atoms with Gasteiger partial charge in [0.1, 0.15) is 0 Å². The Balaban J connectivity index is 1.39. The lowest BCUT2D eigenvalue weighted by atomic mass is 9.98. The molecule has 2 aromatic carbocycles. The van der Waals surface area contributed by atoms with Crippen molar-refractivity contribution in [2.24, 2.45) is 4.99 Å². The summed E-state index contributed by atoms with van der Waals surface area (Å²) in [4.78, 5) is 11.4. The van der Waals surface area contributed by atoms with Crippen molar-refractivity contribution in [2.75, 3.05) is 45.9 Å². The third kappa shape index (κ3) is 6.91. The molecule has 1 aliphatic rings. The van der Waals surface area contributed by atoms with Crippen LogP contribution in [0, 0.1) is 0 Å². The molecule has 2 N–H and O–H groups in total. The standard InChI is InChI=1S/C26H34N6O/c1-2-28-26(29-12-14-31-15-17-33-18-16-31)30-19-24-5-3-4-6-25(24)23-9-7-22(8-10-23)20-32-13-11-27-21-32/h3-11,13,21H,2,12,14-20H2,1H3,(H2,28,29,30). The van der Waals surface area contributed by atoms with Gasteiger partial charge in [-0.3, -0.25) is 4.90 Å². The van der Waals surface area contributed by atoms with Crippen molar-refractivity contribution in [2.45, 2.75) is 20.0 Å². The van der Waals surface area contributed by atoms with E-state index in [1.54, 1.807) is 0 Å². The first kappa shape index (κ1) is 23.0. The first-order valence-electron chi connectivity index (χ1n) is 11.8. The van der Waals surface area contributed by atoms with E-state index in [0.717, 1.165) is 58.4 Å². The van der Waals surface area contributed by atoms with Gasteiger partial charge in [-0.25, -0.2) is 9.98 Å². The molecule has 0 unspecified atom stereocenters. The van der Waals surface area contributed by atoms with Crippen molar-refractivity contribution in [1.82, 2.24) is 25.1 Å². The van der Waals surface area contributed by atoms with Gasteiger partial charge in [0, 0.05) is 51.7 Å². The van der Waals surface area contributed by atoms with Gasteiger partial charge in [-0.05, 0) is 29.2 Å². The largest absolute Gasteiger partial charge is 0.379 e. The van der Waals surface area contributed by atoms with Gasteiger partial charge in [0.05, 0.1) is 26.1 Å². The molecule has 0 saturated carbocycles. The second kappa shape index (κ2) is 12.2. The van der Waals surface area contributed by atoms with Crippen molar-refractivity contribution in [1.29, 1.82) is 0 Å². The van der Waals surface area contributed by atoms with E-state index in [0.29, 0.717) is 6.54 Å². The van der Waals surface area contributed by atoms with E-state index in [1.165, 1.54) is 22.3 Å². The molecule has 7 heteroatoms. The molecule has 1 aromatic heterocycles. The van der Waals surface area contributed by atoms with Gasteiger partial charge in [0.25, 0.3) is 0 Å². The molecule has 0 bridgehead atoms. The first-order chi connectivity index (χ1) is 16.3. The van der Waals surface area contributed by atoms with Gasteiger partial charge in [-0.1, -0.05) is 48.5 Å². The minimum absolute atomic E-state index is 0.625. The second-order valence-corrected chi connectivity index (χ2v) is 8.17. The van der Waals surface area contributed by atoms with Crippen molar-refractivity contribution in [3.8, 4) is 11.1 Å². The number of nitrogens with zero attached hydrogens (tertiary/aromatic N) is 4. The Kier molecular flexibility index (Phi) is 8.49. The lowest BCUT2D eigenvalue weighted by molar-refractivity contribution is 0.0389. The summed E-state index contributed by atoms with van der Waals surface area (Å²) in [5, 5.41) is 6.84. The normalized spacial score (nSPS) is 14.9. The quantitative estimate of drug-likeness (QED) is 0.391. The lowest BCUT2D eigenvalue weighted by Crippen LogP contribution is -2.44. The van der Waals surface area contributed by atoms with Crippen molar-refractivity contribution in [3.05, 3.63) is 78.4 Å². The number of aliphatic imine (C=N–C) groups is 1. The number of morpholine rings is 1. The SMILES string of the molecule is CCNC(=NCc1ccccc1-c1ccc(Cn2ccnc2)cc1)NCCN1CCOCC1. The molecule has 4 rings (SSSR count). The number of rotatable bonds is 9. The molecule has 1 fully saturated rings. The van der Waals surface area contributed by atoms with E-state index >= 15 is 0 Å². The zero-order chi connectivity index (χ0) is 22.7. The first-order valence-corrected chi connectivity index (χ1v) is 11.8. The number of benzene rings is 2. The molecule has 33 heavy (non-hydrogen) atoms. The van der Waals surface area contributed by atoms with Crippen LogP contribution in [0.5, 0.6) is 0 Å². The van der Waals surface area contributed by atoms with Crippen LogP contribution in [0.3, 0.4) is 0 Å². The molecule has 0 radical (unpaired) electrons. The molecule has 2 heterocycles. The molecule has 7 nitrogen and oxygen atoms in total. The number of hydrogen-bond donors (Lipinski definition) is 2. The maximum atomic E-state index is 5.43.